The van der Waals surface area contributed by atoms with Gasteiger partial charge in [-0.25, -0.2) is 0 Å². The fourth-order valence-corrected chi connectivity index (χ4v) is 2.31. The van der Waals surface area contributed by atoms with E-state index >= 15 is 0 Å². The molecule has 0 aliphatic rings. The second-order valence-electron chi connectivity index (χ2n) is 4.45. The lowest BCUT2D eigenvalue weighted by Crippen LogP contribution is -2.09. The van der Waals surface area contributed by atoms with Crippen LogP contribution < -0.4 is 9.47 Å². The molecule has 0 aliphatic carbocycles. The summed E-state index contributed by atoms with van der Waals surface area (Å²) in [6.45, 7) is 3.04. The molecule has 0 aliphatic heterocycles. The van der Waals surface area contributed by atoms with Crippen molar-refractivity contribution in [3.8, 4) is 17.6 Å². The summed E-state index contributed by atoms with van der Waals surface area (Å²) in [6, 6.07) is 15.4. The molecule has 0 aromatic heterocycles. The average molecular weight is 346 g/mol. The minimum absolute atomic E-state index is 0.444. The van der Waals surface area contributed by atoms with Gasteiger partial charge in [0.2, 0.25) is 0 Å². The van der Waals surface area contributed by atoms with Gasteiger partial charge in [0.05, 0.1) is 16.1 Å². The predicted molar refractivity (Wildman–Crippen MR) is 85.7 cm³/mol. The first-order chi connectivity index (χ1) is 10.2. The Bertz CT molecular complexity index is 632. The summed E-state index contributed by atoms with van der Waals surface area (Å²) in [4.78, 5) is 0. The molecule has 0 saturated carbocycles. The Labute approximate surface area is 133 Å². The fraction of sp³-hybridized carbons (Fsp3) is 0.235. The number of nitriles is 1. The molecule has 0 bridgehead atoms. The average Bonchev–Trinajstić information content (AvgIpc) is 2.53. The molecule has 2 aromatic rings. The second kappa shape index (κ2) is 7.70. The van der Waals surface area contributed by atoms with E-state index in [1.165, 1.54) is 5.56 Å². The van der Waals surface area contributed by atoms with Crippen molar-refractivity contribution in [3.05, 3.63) is 58.1 Å². The molecule has 0 atom stereocenters. The zero-order chi connectivity index (χ0) is 15.1. The normalized spacial score (nSPS) is 9.95. The van der Waals surface area contributed by atoms with E-state index in [-0.39, 0.29) is 0 Å². The molecule has 0 unspecified atom stereocenters. The number of hydrogen-bond acceptors (Lipinski definition) is 3. The Kier molecular flexibility index (Phi) is 5.65. The second-order valence-corrected chi connectivity index (χ2v) is 5.31. The molecular weight excluding hydrogens is 330 g/mol. The van der Waals surface area contributed by atoms with Crippen LogP contribution in [0.2, 0.25) is 0 Å². The summed E-state index contributed by atoms with van der Waals surface area (Å²) in [7, 11) is 0. The monoisotopic (exact) mass is 345 g/mol. The first-order valence-corrected chi connectivity index (χ1v) is 7.56. The maximum Gasteiger partial charge on any atom is 0.133 e. The third kappa shape index (κ3) is 4.51. The molecule has 2 aromatic carbocycles. The molecule has 0 fully saturated rings. The van der Waals surface area contributed by atoms with Crippen molar-refractivity contribution in [3.63, 3.8) is 0 Å². The van der Waals surface area contributed by atoms with Crippen molar-refractivity contribution in [1.82, 2.24) is 0 Å². The molecule has 0 amide bonds. The van der Waals surface area contributed by atoms with Gasteiger partial charge in [-0.3, -0.25) is 0 Å². The minimum Gasteiger partial charge on any atom is -0.490 e. The summed E-state index contributed by atoms with van der Waals surface area (Å²) >= 11 is 3.38. The first-order valence-electron chi connectivity index (χ1n) is 6.77. The van der Waals surface area contributed by atoms with Crippen molar-refractivity contribution in [2.75, 3.05) is 13.2 Å². The van der Waals surface area contributed by atoms with Crippen LogP contribution in [0.1, 0.15) is 18.1 Å². The highest BCUT2D eigenvalue weighted by molar-refractivity contribution is 9.10. The van der Waals surface area contributed by atoms with Crippen molar-refractivity contribution in [2.45, 2.75) is 13.3 Å². The molecule has 108 valence electrons. The number of rotatable bonds is 6. The number of halogens is 1. The maximum atomic E-state index is 8.80. The summed E-state index contributed by atoms with van der Waals surface area (Å²) in [5.41, 5.74) is 1.89. The highest BCUT2D eigenvalue weighted by atomic mass is 79.9. The highest BCUT2D eigenvalue weighted by Gasteiger charge is 2.02. The van der Waals surface area contributed by atoms with Gasteiger partial charge in [-0.15, -0.1) is 0 Å². The van der Waals surface area contributed by atoms with Crippen molar-refractivity contribution >= 4 is 15.9 Å². The largest absolute Gasteiger partial charge is 0.490 e. The third-order valence-corrected chi connectivity index (χ3v) is 3.62. The van der Waals surface area contributed by atoms with E-state index in [0.717, 1.165) is 16.6 Å². The van der Waals surface area contributed by atoms with E-state index in [4.69, 9.17) is 14.7 Å². The standard InChI is InChI=1S/C17H16BrNO2/c1-2-13-3-6-15(7-4-13)20-9-10-21-17-8-5-14(12-19)11-16(17)18/h3-8,11H,2,9-10H2,1H3. The minimum atomic E-state index is 0.444. The maximum absolute atomic E-state index is 8.80. The van der Waals surface area contributed by atoms with Crippen molar-refractivity contribution in [1.29, 1.82) is 5.26 Å². The van der Waals surface area contributed by atoms with Gasteiger partial charge in [0.25, 0.3) is 0 Å². The zero-order valence-electron chi connectivity index (χ0n) is 11.8. The molecule has 0 heterocycles. The molecule has 0 saturated heterocycles. The zero-order valence-corrected chi connectivity index (χ0v) is 13.4. The summed E-state index contributed by atoms with van der Waals surface area (Å²) in [5, 5.41) is 8.80. The number of nitrogens with zero attached hydrogens (tertiary/aromatic N) is 1. The molecule has 4 heteroatoms. The molecule has 0 spiro atoms. The van der Waals surface area contributed by atoms with Gasteiger partial charge < -0.3 is 9.47 Å². The van der Waals surface area contributed by atoms with Gasteiger partial charge in [-0.2, -0.15) is 5.26 Å². The lowest BCUT2D eigenvalue weighted by molar-refractivity contribution is 0.216. The van der Waals surface area contributed by atoms with Crippen LogP contribution in [0.3, 0.4) is 0 Å². The first kappa shape index (κ1) is 15.4. The van der Waals surface area contributed by atoms with E-state index in [1.54, 1.807) is 18.2 Å². The van der Waals surface area contributed by atoms with E-state index in [9.17, 15) is 0 Å². The number of benzene rings is 2. The number of aryl methyl sites for hydroxylation is 1. The quantitative estimate of drug-likeness (QED) is 0.731. The topological polar surface area (TPSA) is 42.2 Å². The molecule has 0 radical (unpaired) electrons. The third-order valence-electron chi connectivity index (χ3n) is 3.00. The Morgan fingerprint density at radius 3 is 2.38 bits per heavy atom. The van der Waals surface area contributed by atoms with Crippen LogP contribution in [0.4, 0.5) is 0 Å². The van der Waals surface area contributed by atoms with Gasteiger partial charge in [0, 0.05) is 0 Å². The Morgan fingerprint density at radius 2 is 1.76 bits per heavy atom. The van der Waals surface area contributed by atoms with Gasteiger partial charge in [0.1, 0.15) is 24.7 Å². The Morgan fingerprint density at radius 1 is 1.05 bits per heavy atom. The van der Waals surface area contributed by atoms with Crippen molar-refractivity contribution < 1.29 is 9.47 Å². The van der Waals surface area contributed by atoms with E-state index in [1.807, 2.05) is 12.1 Å². The molecule has 3 nitrogen and oxygen atoms in total. The predicted octanol–water partition coefficient (Wildman–Crippen LogP) is 4.34. The molecule has 2 rings (SSSR count). The highest BCUT2D eigenvalue weighted by Crippen LogP contribution is 2.25. The Balaban J connectivity index is 1.80. The SMILES string of the molecule is CCc1ccc(OCCOc2ccc(C#N)cc2Br)cc1. The molecule has 0 N–H and O–H groups in total. The van der Waals surface area contributed by atoms with E-state index in [2.05, 4.69) is 41.1 Å². The van der Waals surface area contributed by atoms with E-state index in [0.29, 0.717) is 24.5 Å². The number of hydrogen-bond donors (Lipinski definition) is 0. The van der Waals surface area contributed by atoms with E-state index < -0.39 is 0 Å². The van der Waals surface area contributed by atoms with Crippen LogP contribution in [-0.2, 0) is 6.42 Å². The lowest BCUT2D eigenvalue weighted by Gasteiger charge is -2.10. The summed E-state index contributed by atoms with van der Waals surface area (Å²) in [5.74, 6) is 1.55. The van der Waals surface area contributed by atoms with Crippen LogP contribution >= 0.6 is 15.9 Å². The molecular formula is C17H16BrNO2. The lowest BCUT2D eigenvalue weighted by atomic mass is 10.2. The van der Waals surface area contributed by atoms with Gasteiger partial charge in [-0.05, 0) is 58.2 Å². The molecule has 21 heavy (non-hydrogen) atoms. The van der Waals surface area contributed by atoms with Crippen LogP contribution in [-0.4, -0.2) is 13.2 Å². The van der Waals surface area contributed by atoms with Crippen LogP contribution in [0.5, 0.6) is 11.5 Å². The van der Waals surface area contributed by atoms with Crippen LogP contribution in [0, 0.1) is 11.3 Å². The summed E-state index contributed by atoms with van der Waals surface area (Å²) < 4.78 is 12.0. The Hall–Kier alpha value is -1.99. The van der Waals surface area contributed by atoms with Gasteiger partial charge >= 0.3 is 0 Å². The fourth-order valence-electron chi connectivity index (χ4n) is 1.82. The smallest absolute Gasteiger partial charge is 0.133 e. The van der Waals surface area contributed by atoms with Crippen LogP contribution in [0.25, 0.3) is 0 Å². The van der Waals surface area contributed by atoms with Gasteiger partial charge in [-0.1, -0.05) is 19.1 Å². The van der Waals surface area contributed by atoms with Gasteiger partial charge in [0.15, 0.2) is 0 Å². The van der Waals surface area contributed by atoms with Crippen molar-refractivity contribution in [2.24, 2.45) is 0 Å². The van der Waals surface area contributed by atoms with Crippen LogP contribution in [0.15, 0.2) is 46.9 Å². The number of ether oxygens (including phenoxy) is 2. The summed E-state index contributed by atoms with van der Waals surface area (Å²) in [6.07, 6.45) is 1.02.